The Bertz CT molecular complexity index is 651. The minimum absolute atomic E-state index is 0.223. The number of piperidine rings is 1. The van der Waals surface area contributed by atoms with Crippen LogP contribution in [0, 0.1) is 5.92 Å². The van der Waals surface area contributed by atoms with E-state index in [0.717, 1.165) is 45.3 Å². The largest absolute Gasteiger partial charge is 0.383 e. The van der Waals surface area contributed by atoms with E-state index >= 15 is 0 Å². The minimum Gasteiger partial charge on any atom is -0.383 e. The summed E-state index contributed by atoms with van der Waals surface area (Å²) in [5.41, 5.74) is 2.66. The van der Waals surface area contributed by atoms with Crippen molar-refractivity contribution in [1.29, 1.82) is 0 Å². The Labute approximate surface area is 183 Å². The van der Waals surface area contributed by atoms with Crippen LogP contribution in [0.4, 0.5) is 5.69 Å². The number of anilines is 1. The zero-order chi connectivity index (χ0) is 21.2. The van der Waals surface area contributed by atoms with E-state index in [1.807, 2.05) is 0 Å². The molecule has 2 saturated heterocycles. The number of rotatable bonds is 9. The van der Waals surface area contributed by atoms with Crippen molar-refractivity contribution in [2.45, 2.75) is 45.6 Å². The first-order valence-corrected chi connectivity index (χ1v) is 11.8. The summed E-state index contributed by atoms with van der Waals surface area (Å²) in [5, 5.41) is 7.05. The maximum Gasteiger partial charge on any atom is 0.191 e. The van der Waals surface area contributed by atoms with Crippen molar-refractivity contribution < 1.29 is 4.74 Å². The molecule has 6 nitrogen and oxygen atoms in total. The van der Waals surface area contributed by atoms with E-state index in [2.05, 4.69) is 58.5 Å². The molecule has 2 aliphatic rings. The molecule has 0 spiro atoms. The van der Waals surface area contributed by atoms with Crippen molar-refractivity contribution >= 4 is 11.6 Å². The van der Waals surface area contributed by atoms with Gasteiger partial charge in [0.05, 0.1) is 12.6 Å². The Kier molecular flexibility index (Phi) is 9.27. The summed E-state index contributed by atoms with van der Waals surface area (Å²) in [5.74, 6) is 1.60. The number of guanidine groups is 1. The third kappa shape index (κ3) is 6.88. The first-order valence-electron chi connectivity index (χ1n) is 11.8. The number of ether oxygens (including phenoxy) is 1. The molecule has 0 radical (unpaired) electrons. The van der Waals surface area contributed by atoms with Gasteiger partial charge >= 0.3 is 0 Å². The first kappa shape index (κ1) is 22.9. The molecule has 2 fully saturated rings. The quantitative estimate of drug-likeness (QED) is 0.479. The lowest BCUT2D eigenvalue weighted by Crippen LogP contribution is -2.40. The van der Waals surface area contributed by atoms with Gasteiger partial charge in [0, 0.05) is 45.5 Å². The van der Waals surface area contributed by atoms with Gasteiger partial charge in [-0.2, -0.15) is 0 Å². The van der Waals surface area contributed by atoms with Gasteiger partial charge in [0.1, 0.15) is 0 Å². The van der Waals surface area contributed by atoms with Crippen LogP contribution < -0.4 is 15.5 Å². The highest BCUT2D eigenvalue weighted by molar-refractivity contribution is 5.80. The van der Waals surface area contributed by atoms with Gasteiger partial charge in [0.25, 0.3) is 0 Å². The highest BCUT2D eigenvalue weighted by Crippen LogP contribution is 2.24. The van der Waals surface area contributed by atoms with Crippen LogP contribution in [0.5, 0.6) is 0 Å². The molecular weight excluding hydrogens is 374 g/mol. The Balaban J connectivity index is 1.52. The molecule has 0 amide bonds. The monoisotopic (exact) mass is 415 g/mol. The summed E-state index contributed by atoms with van der Waals surface area (Å²) in [7, 11) is 1.78. The zero-order valence-corrected chi connectivity index (χ0v) is 19.2. The van der Waals surface area contributed by atoms with Crippen LogP contribution >= 0.6 is 0 Å². The van der Waals surface area contributed by atoms with Gasteiger partial charge in [-0.25, -0.2) is 0 Å². The Morgan fingerprint density at radius 1 is 1.20 bits per heavy atom. The van der Waals surface area contributed by atoms with E-state index in [-0.39, 0.29) is 6.04 Å². The lowest BCUT2D eigenvalue weighted by molar-refractivity contribution is 0.121. The van der Waals surface area contributed by atoms with Crippen molar-refractivity contribution in [2.75, 3.05) is 64.4 Å². The summed E-state index contributed by atoms with van der Waals surface area (Å²) in [6, 6.07) is 9.20. The molecule has 6 heteroatoms. The molecule has 0 aromatic heterocycles. The number of nitrogens with one attached hydrogen (secondary N) is 2. The lowest BCUT2D eigenvalue weighted by Gasteiger charge is -2.31. The number of benzene rings is 1. The third-order valence-corrected chi connectivity index (χ3v) is 6.37. The average Bonchev–Trinajstić information content (AvgIpc) is 3.32. The Morgan fingerprint density at radius 2 is 1.97 bits per heavy atom. The average molecular weight is 416 g/mol. The van der Waals surface area contributed by atoms with Crippen LogP contribution in [0.2, 0.25) is 0 Å². The minimum atomic E-state index is 0.223. The number of likely N-dealkylation sites (tertiary alicyclic amines) is 1. The predicted octanol–water partition coefficient (Wildman–Crippen LogP) is 3.26. The number of methoxy groups -OCH3 is 1. The second-order valence-electron chi connectivity index (χ2n) is 8.65. The van der Waals surface area contributed by atoms with Crippen molar-refractivity contribution in [2.24, 2.45) is 10.9 Å². The van der Waals surface area contributed by atoms with Crippen LogP contribution in [-0.4, -0.2) is 70.4 Å². The lowest BCUT2D eigenvalue weighted by atomic mass is 9.97. The highest BCUT2D eigenvalue weighted by atomic mass is 16.5. The summed E-state index contributed by atoms with van der Waals surface area (Å²) in [6.07, 6.45) is 5.06. The number of aliphatic imine (C=N–C) groups is 1. The van der Waals surface area contributed by atoms with Crippen LogP contribution in [0.3, 0.4) is 0 Å². The van der Waals surface area contributed by atoms with Gasteiger partial charge in [0.15, 0.2) is 5.96 Å². The number of hydrogen-bond donors (Lipinski definition) is 2. The van der Waals surface area contributed by atoms with E-state index < -0.39 is 0 Å². The fourth-order valence-corrected chi connectivity index (χ4v) is 4.41. The predicted molar refractivity (Wildman–Crippen MR) is 126 cm³/mol. The van der Waals surface area contributed by atoms with Gasteiger partial charge in [-0.15, -0.1) is 0 Å². The fraction of sp³-hybridized carbons (Fsp3) is 0.708. The number of nitrogens with zero attached hydrogens (tertiary/aromatic N) is 3. The van der Waals surface area contributed by atoms with Crippen molar-refractivity contribution in [3.63, 3.8) is 0 Å². The summed E-state index contributed by atoms with van der Waals surface area (Å²) >= 11 is 0. The van der Waals surface area contributed by atoms with Crippen molar-refractivity contribution in [1.82, 2.24) is 15.5 Å². The maximum atomic E-state index is 5.20. The topological polar surface area (TPSA) is 52.1 Å². The van der Waals surface area contributed by atoms with Gasteiger partial charge < -0.3 is 25.2 Å². The molecule has 2 heterocycles. The van der Waals surface area contributed by atoms with Crippen LogP contribution in [-0.2, 0) is 4.74 Å². The van der Waals surface area contributed by atoms with E-state index in [0.29, 0.717) is 5.92 Å². The summed E-state index contributed by atoms with van der Waals surface area (Å²) in [6.45, 7) is 12.7. The standard InChI is InChI=1S/C24H41N5O/c1-4-25-24(26-19-21-10-14-28(15-11-21)16-17-30-3)27-20(2)22-8-7-9-23(18-22)29-12-5-6-13-29/h7-9,18,20-21H,4-6,10-17,19H2,1-3H3,(H2,25,26,27). The molecular formula is C24H41N5O. The SMILES string of the molecule is CCNC(=NCC1CCN(CCOC)CC1)NC(C)c1cccc(N2CCCC2)c1. The van der Waals surface area contributed by atoms with E-state index in [1.54, 1.807) is 7.11 Å². The zero-order valence-electron chi connectivity index (χ0n) is 19.2. The molecule has 1 aromatic rings. The van der Waals surface area contributed by atoms with E-state index in [9.17, 15) is 0 Å². The van der Waals surface area contributed by atoms with Crippen LogP contribution in [0.25, 0.3) is 0 Å². The molecule has 0 saturated carbocycles. The molecule has 1 unspecified atom stereocenters. The van der Waals surface area contributed by atoms with Crippen molar-refractivity contribution in [3.05, 3.63) is 29.8 Å². The highest BCUT2D eigenvalue weighted by Gasteiger charge is 2.19. The number of hydrogen-bond acceptors (Lipinski definition) is 4. The maximum absolute atomic E-state index is 5.20. The van der Waals surface area contributed by atoms with Crippen molar-refractivity contribution in [3.8, 4) is 0 Å². The smallest absolute Gasteiger partial charge is 0.191 e. The van der Waals surface area contributed by atoms with Crippen LogP contribution in [0.15, 0.2) is 29.3 Å². The normalized spacial score (nSPS) is 19.8. The van der Waals surface area contributed by atoms with Gasteiger partial charge in [0.2, 0.25) is 0 Å². The Morgan fingerprint density at radius 3 is 2.67 bits per heavy atom. The molecule has 1 aromatic carbocycles. The third-order valence-electron chi connectivity index (χ3n) is 6.37. The summed E-state index contributed by atoms with van der Waals surface area (Å²) in [4.78, 5) is 9.93. The van der Waals surface area contributed by atoms with Crippen LogP contribution in [0.1, 0.15) is 51.1 Å². The van der Waals surface area contributed by atoms with E-state index in [4.69, 9.17) is 9.73 Å². The molecule has 168 valence electrons. The summed E-state index contributed by atoms with van der Waals surface area (Å²) < 4.78 is 5.20. The van der Waals surface area contributed by atoms with Gasteiger partial charge in [-0.05, 0) is 76.2 Å². The Hall–Kier alpha value is -1.79. The fourth-order valence-electron chi connectivity index (χ4n) is 4.41. The molecule has 0 bridgehead atoms. The molecule has 2 N–H and O–H groups in total. The molecule has 2 aliphatic heterocycles. The molecule has 0 aliphatic carbocycles. The van der Waals surface area contributed by atoms with E-state index in [1.165, 1.54) is 50.0 Å². The molecule has 1 atom stereocenters. The van der Waals surface area contributed by atoms with Gasteiger partial charge in [-0.1, -0.05) is 12.1 Å². The first-order chi connectivity index (χ1) is 14.7. The molecule has 3 rings (SSSR count). The van der Waals surface area contributed by atoms with Gasteiger partial charge in [-0.3, -0.25) is 4.99 Å². The second-order valence-corrected chi connectivity index (χ2v) is 8.65. The second kappa shape index (κ2) is 12.2. The molecule has 30 heavy (non-hydrogen) atoms.